The maximum absolute atomic E-state index is 11.9. The lowest BCUT2D eigenvalue weighted by Gasteiger charge is -2.03. The smallest absolute Gasteiger partial charge is 0.312 e. The van der Waals surface area contributed by atoms with Gasteiger partial charge >= 0.3 is 11.9 Å². The summed E-state index contributed by atoms with van der Waals surface area (Å²) in [5.41, 5.74) is 1.50. The molecule has 3 rings (SSSR count). The first-order valence-corrected chi connectivity index (χ1v) is 8.73. The van der Waals surface area contributed by atoms with Gasteiger partial charge < -0.3 is 14.0 Å². The van der Waals surface area contributed by atoms with Crippen LogP contribution in [0.25, 0.3) is 11.0 Å². The molecule has 0 saturated heterocycles. The number of anilines is 1. The summed E-state index contributed by atoms with van der Waals surface area (Å²) in [6.07, 6.45) is -0.0890. The molecular weight excluding hydrogens is 374 g/mol. The number of fused-ring (bicyclic) bond motifs is 1. The molecule has 27 heavy (non-hydrogen) atoms. The molecule has 0 aliphatic heterocycles. The largest absolute Gasteiger partial charge is 0.469 e. The summed E-state index contributed by atoms with van der Waals surface area (Å²) >= 11 is 1.16. The molecular formula is C17H15N3O6S. The highest BCUT2D eigenvalue weighted by molar-refractivity contribution is 7.13. The second-order valence-electron chi connectivity index (χ2n) is 5.41. The zero-order valence-corrected chi connectivity index (χ0v) is 15.1. The number of amides is 1. The Bertz CT molecular complexity index is 980. The number of ether oxygens (including phenoxy) is 2. The number of carbonyl (C=O) groups is 3. The molecule has 1 amide bonds. The van der Waals surface area contributed by atoms with Crippen LogP contribution < -0.4 is 5.32 Å². The summed E-state index contributed by atoms with van der Waals surface area (Å²) in [6, 6.07) is 7.14. The van der Waals surface area contributed by atoms with Gasteiger partial charge in [-0.15, -0.1) is 11.3 Å². The molecule has 10 heteroatoms. The monoisotopic (exact) mass is 389 g/mol. The van der Waals surface area contributed by atoms with Gasteiger partial charge in [-0.25, -0.2) is 4.98 Å². The Hall–Kier alpha value is -3.27. The lowest BCUT2D eigenvalue weighted by Crippen LogP contribution is -2.21. The quantitative estimate of drug-likeness (QED) is 0.607. The predicted octanol–water partition coefficient (Wildman–Crippen LogP) is 1.72. The van der Waals surface area contributed by atoms with Crippen LogP contribution in [-0.2, 0) is 36.7 Å². The van der Waals surface area contributed by atoms with Crippen LogP contribution in [0.3, 0.4) is 0 Å². The first-order valence-electron chi connectivity index (χ1n) is 7.85. The molecule has 0 saturated carbocycles. The van der Waals surface area contributed by atoms with Crippen LogP contribution in [0.4, 0.5) is 5.13 Å². The molecule has 2 heterocycles. The number of hydrogen-bond acceptors (Lipinski definition) is 9. The average molecular weight is 389 g/mol. The Morgan fingerprint density at radius 1 is 1.19 bits per heavy atom. The van der Waals surface area contributed by atoms with Crippen molar-refractivity contribution in [2.24, 2.45) is 0 Å². The summed E-state index contributed by atoms with van der Waals surface area (Å²) < 4.78 is 14.6. The normalized spacial score (nSPS) is 10.6. The third-order valence-electron chi connectivity index (χ3n) is 3.48. The highest BCUT2D eigenvalue weighted by Gasteiger charge is 2.15. The number of nitrogens with zero attached hydrogens (tertiary/aromatic N) is 2. The molecule has 140 valence electrons. The molecule has 9 nitrogen and oxygen atoms in total. The molecule has 0 radical (unpaired) electrons. The van der Waals surface area contributed by atoms with Crippen LogP contribution >= 0.6 is 11.3 Å². The topological polar surface area (TPSA) is 121 Å². The fourth-order valence-corrected chi connectivity index (χ4v) is 2.95. The maximum Gasteiger partial charge on any atom is 0.312 e. The van der Waals surface area contributed by atoms with Crippen molar-refractivity contribution in [2.75, 3.05) is 19.0 Å². The van der Waals surface area contributed by atoms with E-state index in [1.807, 2.05) is 6.07 Å². The van der Waals surface area contributed by atoms with E-state index >= 15 is 0 Å². The van der Waals surface area contributed by atoms with Gasteiger partial charge in [0.05, 0.1) is 25.6 Å². The van der Waals surface area contributed by atoms with Crippen LogP contribution in [0, 0.1) is 0 Å². The lowest BCUT2D eigenvalue weighted by atomic mass is 10.2. The maximum atomic E-state index is 11.9. The van der Waals surface area contributed by atoms with Gasteiger partial charge in [-0.3, -0.25) is 19.7 Å². The molecule has 3 aromatic rings. The summed E-state index contributed by atoms with van der Waals surface area (Å²) in [4.78, 5) is 39.1. The molecule has 0 aliphatic carbocycles. The Balaban J connectivity index is 1.47. The number of rotatable bonds is 7. The molecule has 0 spiro atoms. The van der Waals surface area contributed by atoms with E-state index < -0.39 is 24.5 Å². The van der Waals surface area contributed by atoms with Gasteiger partial charge in [0, 0.05) is 10.8 Å². The highest BCUT2D eigenvalue weighted by atomic mass is 32.1. The fraction of sp³-hybridized carbons (Fsp3) is 0.235. The molecule has 0 unspecified atom stereocenters. The minimum absolute atomic E-state index is 0.0174. The number of nitrogens with one attached hydrogen (secondary N) is 1. The third kappa shape index (κ3) is 4.88. The fourth-order valence-electron chi connectivity index (χ4n) is 2.22. The zero-order chi connectivity index (χ0) is 19.2. The van der Waals surface area contributed by atoms with Crippen LogP contribution in [0.15, 0.2) is 34.2 Å². The van der Waals surface area contributed by atoms with E-state index in [9.17, 15) is 14.4 Å². The Labute approximate surface area is 157 Å². The lowest BCUT2D eigenvalue weighted by molar-refractivity contribution is -0.146. The number of para-hydroxylation sites is 1. The first kappa shape index (κ1) is 18.5. The Kier molecular flexibility index (Phi) is 5.77. The van der Waals surface area contributed by atoms with Gasteiger partial charge in [-0.05, 0) is 12.1 Å². The van der Waals surface area contributed by atoms with Crippen LogP contribution in [0.1, 0.15) is 11.4 Å². The van der Waals surface area contributed by atoms with Crippen molar-refractivity contribution in [2.45, 2.75) is 12.8 Å². The molecule has 0 bridgehead atoms. The molecule has 0 aliphatic rings. The van der Waals surface area contributed by atoms with E-state index in [-0.39, 0.29) is 12.8 Å². The summed E-state index contributed by atoms with van der Waals surface area (Å²) in [5, 5.41) is 9.00. The number of hydrogen-bond donors (Lipinski definition) is 1. The van der Waals surface area contributed by atoms with E-state index in [2.05, 4.69) is 20.2 Å². The number of aromatic nitrogens is 2. The number of thiazole rings is 1. The predicted molar refractivity (Wildman–Crippen MR) is 95.1 cm³/mol. The number of carbonyl (C=O) groups excluding carboxylic acids is 3. The van der Waals surface area contributed by atoms with Crippen LogP contribution in [0.5, 0.6) is 0 Å². The SMILES string of the molecule is COC(=O)Cc1csc(NC(=O)COC(=O)Cc2noc3ccccc23)n1. The number of methoxy groups -OCH3 is 1. The van der Waals surface area contributed by atoms with Gasteiger partial charge in [-0.1, -0.05) is 17.3 Å². The first-order chi connectivity index (χ1) is 13.0. The van der Waals surface area contributed by atoms with E-state index in [0.29, 0.717) is 22.1 Å². The summed E-state index contributed by atoms with van der Waals surface area (Å²) in [6.45, 7) is -0.458. The molecule has 1 N–H and O–H groups in total. The van der Waals surface area contributed by atoms with Crippen molar-refractivity contribution in [3.63, 3.8) is 0 Å². The number of benzene rings is 1. The van der Waals surface area contributed by atoms with Gasteiger partial charge in [-0.2, -0.15) is 0 Å². The van der Waals surface area contributed by atoms with E-state index in [0.717, 1.165) is 16.7 Å². The van der Waals surface area contributed by atoms with Crippen molar-refractivity contribution in [3.05, 3.63) is 41.0 Å². The second-order valence-corrected chi connectivity index (χ2v) is 6.27. The van der Waals surface area contributed by atoms with Crippen molar-refractivity contribution in [1.29, 1.82) is 0 Å². The summed E-state index contributed by atoms with van der Waals surface area (Å²) in [7, 11) is 1.29. The van der Waals surface area contributed by atoms with Crippen molar-refractivity contribution in [1.82, 2.24) is 10.1 Å². The minimum Gasteiger partial charge on any atom is -0.469 e. The van der Waals surface area contributed by atoms with E-state index in [1.54, 1.807) is 23.6 Å². The van der Waals surface area contributed by atoms with Crippen molar-refractivity contribution < 1.29 is 28.4 Å². The van der Waals surface area contributed by atoms with Crippen molar-refractivity contribution >= 4 is 45.3 Å². The van der Waals surface area contributed by atoms with E-state index in [4.69, 9.17) is 9.26 Å². The Morgan fingerprint density at radius 3 is 2.81 bits per heavy atom. The number of esters is 2. The van der Waals surface area contributed by atoms with Gasteiger partial charge in [0.15, 0.2) is 17.3 Å². The summed E-state index contributed by atoms with van der Waals surface area (Å²) in [5.74, 6) is -1.56. The van der Waals surface area contributed by atoms with Gasteiger partial charge in [0.2, 0.25) is 0 Å². The Morgan fingerprint density at radius 2 is 2.00 bits per heavy atom. The van der Waals surface area contributed by atoms with E-state index in [1.165, 1.54) is 7.11 Å². The van der Waals surface area contributed by atoms with Gasteiger partial charge in [0.25, 0.3) is 5.91 Å². The average Bonchev–Trinajstić information content (AvgIpc) is 3.27. The standard InChI is InChI=1S/C17H15N3O6S/c1-24-15(22)6-10-9-27-17(18-10)19-14(21)8-25-16(23)7-12-11-4-2-3-5-13(11)26-20-12/h2-5,9H,6-8H2,1H3,(H,18,19,21). The molecule has 1 aromatic carbocycles. The molecule has 2 aromatic heterocycles. The molecule has 0 fully saturated rings. The van der Waals surface area contributed by atoms with Crippen molar-refractivity contribution in [3.8, 4) is 0 Å². The molecule has 0 atom stereocenters. The zero-order valence-electron chi connectivity index (χ0n) is 14.3. The van der Waals surface area contributed by atoms with Crippen LogP contribution in [-0.4, -0.2) is 41.7 Å². The second kappa shape index (κ2) is 8.41. The van der Waals surface area contributed by atoms with Gasteiger partial charge in [0.1, 0.15) is 5.69 Å². The minimum atomic E-state index is -0.602. The van der Waals surface area contributed by atoms with Crippen LogP contribution in [0.2, 0.25) is 0 Å². The third-order valence-corrected chi connectivity index (χ3v) is 4.29. The highest BCUT2D eigenvalue weighted by Crippen LogP contribution is 2.18.